The number of sulfone groups is 1. The van der Waals surface area contributed by atoms with Gasteiger partial charge in [0.25, 0.3) is 0 Å². The molecule has 1 heterocycles. The van der Waals surface area contributed by atoms with Crippen LogP contribution in [0.1, 0.15) is 25.8 Å². The van der Waals surface area contributed by atoms with E-state index in [0.717, 1.165) is 37.0 Å². The fraction of sp³-hybridized carbons (Fsp3) is 0.258. The molecule has 0 bridgehead atoms. The van der Waals surface area contributed by atoms with Crippen molar-refractivity contribution in [2.45, 2.75) is 36.7 Å². The van der Waals surface area contributed by atoms with E-state index in [0.29, 0.717) is 40.2 Å². The van der Waals surface area contributed by atoms with Crippen LogP contribution in [0.15, 0.2) is 94.9 Å². The summed E-state index contributed by atoms with van der Waals surface area (Å²) in [5.74, 6) is 0.612. The lowest BCUT2D eigenvalue weighted by molar-refractivity contribution is 0.250. The Kier molecular flexibility index (Phi) is 8.21. The Labute approximate surface area is 234 Å². The van der Waals surface area contributed by atoms with Gasteiger partial charge >= 0.3 is 0 Å². The zero-order valence-electron chi connectivity index (χ0n) is 22.2. The van der Waals surface area contributed by atoms with Crippen molar-refractivity contribution in [3.05, 3.63) is 95.5 Å². The average Bonchev–Trinajstić information content (AvgIpc) is 3.32. The molecule has 5 rings (SSSR count). The minimum atomic E-state index is -3.95. The van der Waals surface area contributed by atoms with Crippen LogP contribution in [-0.2, 0) is 16.4 Å². The number of ether oxygens (including phenoxy) is 1. The second-order valence-electron chi connectivity index (χ2n) is 9.45. The zero-order chi connectivity index (χ0) is 27.4. The molecular weight excluding hydrogens is 530 g/mol. The van der Waals surface area contributed by atoms with Crippen molar-refractivity contribution in [1.29, 1.82) is 0 Å². The molecule has 0 fully saturated rings. The van der Waals surface area contributed by atoms with Gasteiger partial charge in [0.1, 0.15) is 11.3 Å². The van der Waals surface area contributed by atoms with Gasteiger partial charge in [-0.25, -0.2) is 8.42 Å². The van der Waals surface area contributed by atoms with Crippen molar-refractivity contribution < 1.29 is 13.2 Å². The van der Waals surface area contributed by atoms with E-state index in [9.17, 15) is 8.42 Å². The van der Waals surface area contributed by atoms with E-state index in [1.807, 2.05) is 66.7 Å². The van der Waals surface area contributed by atoms with Gasteiger partial charge in [-0.1, -0.05) is 80.0 Å². The van der Waals surface area contributed by atoms with Gasteiger partial charge < -0.3 is 9.64 Å². The summed E-state index contributed by atoms with van der Waals surface area (Å²) in [6.07, 6.45) is 0.863. The molecule has 39 heavy (non-hydrogen) atoms. The van der Waals surface area contributed by atoms with Gasteiger partial charge in [0.05, 0.1) is 18.0 Å². The van der Waals surface area contributed by atoms with E-state index in [1.54, 1.807) is 22.9 Å². The average molecular weight is 562 g/mol. The standard InChI is InChI=1S/C31H32ClN3O3S/c1-3-34(4-2)19-10-20-38-28-17-9-16-27-30(28)35(22-23-11-7-14-25(32)21-23)33-31(27)39(36,37)29-18-8-13-24-12-5-6-15-26(24)29/h5-9,11-18,21H,3-4,10,19-20,22H2,1-2H3. The van der Waals surface area contributed by atoms with Crippen LogP contribution in [0, 0.1) is 0 Å². The minimum absolute atomic E-state index is 0.0180. The molecular formula is C31H32ClN3O3S. The lowest BCUT2D eigenvalue weighted by atomic mass is 10.1. The van der Waals surface area contributed by atoms with Crippen LogP contribution in [0.25, 0.3) is 21.7 Å². The summed E-state index contributed by atoms with van der Waals surface area (Å²) in [4.78, 5) is 2.59. The van der Waals surface area contributed by atoms with Crippen LogP contribution >= 0.6 is 11.6 Å². The maximum atomic E-state index is 14.2. The third kappa shape index (κ3) is 5.66. The summed E-state index contributed by atoms with van der Waals surface area (Å²) < 4.78 is 36.3. The van der Waals surface area contributed by atoms with Gasteiger partial charge in [-0.3, -0.25) is 4.68 Å². The fourth-order valence-electron chi connectivity index (χ4n) is 4.96. The lowest BCUT2D eigenvalue weighted by Crippen LogP contribution is -2.25. The molecule has 0 unspecified atom stereocenters. The predicted molar refractivity (Wildman–Crippen MR) is 158 cm³/mol. The first-order valence-electron chi connectivity index (χ1n) is 13.2. The Bertz CT molecular complexity index is 1710. The molecule has 0 radical (unpaired) electrons. The van der Waals surface area contributed by atoms with Crippen LogP contribution < -0.4 is 4.74 Å². The molecule has 0 N–H and O–H groups in total. The number of aromatic nitrogens is 2. The quantitative estimate of drug-likeness (QED) is 0.165. The summed E-state index contributed by atoms with van der Waals surface area (Å²) in [7, 11) is -3.95. The van der Waals surface area contributed by atoms with Crippen LogP contribution in [0.4, 0.5) is 0 Å². The molecule has 1 aromatic heterocycles. The molecule has 0 saturated carbocycles. The molecule has 6 nitrogen and oxygen atoms in total. The van der Waals surface area contributed by atoms with Crippen molar-refractivity contribution in [3.8, 4) is 5.75 Å². The minimum Gasteiger partial charge on any atom is -0.491 e. The number of fused-ring (bicyclic) bond motifs is 2. The predicted octanol–water partition coefficient (Wildman–Crippen LogP) is 6.83. The third-order valence-electron chi connectivity index (χ3n) is 6.98. The first kappa shape index (κ1) is 27.2. The first-order valence-corrected chi connectivity index (χ1v) is 15.1. The number of para-hydroxylation sites is 1. The molecule has 0 amide bonds. The Morgan fingerprint density at radius 3 is 2.41 bits per heavy atom. The number of halogens is 1. The van der Waals surface area contributed by atoms with E-state index in [2.05, 4.69) is 18.7 Å². The summed E-state index contributed by atoms with van der Waals surface area (Å²) >= 11 is 6.25. The number of hydrogen-bond acceptors (Lipinski definition) is 5. The third-order valence-corrected chi connectivity index (χ3v) is 8.97. The molecule has 8 heteroatoms. The number of nitrogens with zero attached hydrogens (tertiary/aromatic N) is 3. The molecule has 0 aliphatic carbocycles. The van der Waals surface area contributed by atoms with E-state index in [-0.39, 0.29) is 9.92 Å². The van der Waals surface area contributed by atoms with Crippen molar-refractivity contribution in [1.82, 2.24) is 14.7 Å². The van der Waals surface area contributed by atoms with Gasteiger partial charge in [0, 0.05) is 22.3 Å². The second kappa shape index (κ2) is 11.8. The van der Waals surface area contributed by atoms with Crippen molar-refractivity contribution in [3.63, 3.8) is 0 Å². The second-order valence-corrected chi connectivity index (χ2v) is 11.7. The van der Waals surface area contributed by atoms with Gasteiger partial charge in [-0.15, -0.1) is 0 Å². The van der Waals surface area contributed by atoms with Gasteiger partial charge in [-0.2, -0.15) is 5.10 Å². The summed E-state index contributed by atoms with van der Waals surface area (Å²) in [5, 5.41) is 7.40. The van der Waals surface area contributed by atoms with E-state index in [1.165, 1.54) is 0 Å². The normalized spacial score (nSPS) is 12.0. The summed E-state index contributed by atoms with van der Waals surface area (Å²) in [5.41, 5.74) is 1.57. The number of rotatable bonds is 11. The molecule has 0 atom stereocenters. The maximum absolute atomic E-state index is 14.2. The van der Waals surface area contributed by atoms with Crippen molar-refractivity contribution in [2.75, 3.05) is 26.2 Å². The smallest absolute Gasteiger partial charge is 0.226 e. The number of benzene rings is 4. The summed E-state index contributed by atoms with van der Waals surface area (Å²) in [6.45, 7) is 8.09. The molecule has 0 aliphatic heterocycles. The highest BCUT2D eigenvalue weighted by Crippen LogP contribution is 2.35. The monoisotopic (exact) mass is 561 g/mol. The SMILES string of the molecule is CCN(CC)CCCOc1cccc2c(S(=O)(=O)c3cccc4ccccc34)nn(Cc3cccc(Cl)c3)c12. The Morgan fingerprint density at radius 2 is 1.62 bits per heavy atom. The van der Waals surface area contributed by atoms with Crippen LogP contribution in [-0.4, -0.2) is 49.3 Å². The van der Waals surface area contributed by atoms with Gasteiger partial charge in [0.15, 0.2) is 5.03 Å². The Balaban J connectivity index is 1.60. The Morgan fingerprint density at radius 1 is 0.897 bits per heavy atom. The first-order chi connectivity index (χ1) is 18.9. The Hall–Kier alpha value is -3.39. The van der Waals surface area contributed by atoms with Crippen molar-refractivity contribution in [2.24, 2.45) is 0 Å². The van der Waals surface area contributed by atoms with Crippen molar-refractivity contribution >= 4 is 43.1 Å². The highest BCUT2D eigenvalue weighted by molar-refractivity contribution is 7.91. The highest BCUT2D eigenvalue weighted by atomic mass is 35.5. The zero-order valence-corrected chi connectivity index (χ0v) is 23.8. The van der Waals surface area contributed by atoms with Crippen LogP contribution in [0.3, 0.4) is 0 Å². The van der Waals surface area contributed by atoms with E-state index >= 15 is 0 Å². The van der Waals surface area contributed by atoms with Gasteiger partial charge in [-0.05, 0) is 60.8 Å². The molecule has 4 aromatic carbocycles. The van der Waals surface area contributed by atoms with Crippen LogP contribution in [0.5, 0.6) is 5.75 Å². The maximum Gasteiger partial charge on any atom is 0.226 e. The van der Waals surface area contributed by atoms with Gasteiger partial charge in [0.2, 0.25) is 9.84 Å². The largest absolute Gasteiger partial charge is 0.491 e. The van der Waals surface area contributed by atoms with E-state index in [4.69, 9.17) is 21.4 Å². The summed E-state index contributed by atoms with van der Waals surface area (Å²) in [6, 6.07) is 25.8. The van der Waals surface area contributed by atoms with E-state index < -0.39 is 9.84 Å². The lowest BCUT2D eigenvalue weighted by Gasteiger charge is -2.18. The highest BCUT2D eigenvalue weighted by Gasteiger charge is 2.28. The molecule has 0 aliphatic rings. The van der Waals surface area contributed by atoms with Crippen LogP contribution in [0.2, 0.25) is 5.02 Å². The molecule has 0 saturated heterocycles. The molecule has 202 valence electrons. The molecule has 0 spiro atoms. The number of hydrogen-bond donors (Lipinski definition) is 0. The molecule has 5 aromatic rings. The fourth-order valence-corrected chi connectivity index (χ4v) is 6.77. The topological polar surface area (TPSA) is 64.4 Å².